The molecule has 0 spiro atoms. The van der Waals surface area contributed by atoms with E-state index in [1.807, 2.05) is 30.3 Å². The number of methoxy groups -OCH3 is 1. The first-order chi connectivity index (χ1) is 11.4. The first-order valence-corrected chi connectivity index (χ1v) is 12.0. The molecule has 0 aromatic heterocycles. The molecular weight excluding hydrogens is 312 g/mol. The van der Waals surface area contributed by atoms with Crippen molar-refractivity contribution in [2.24, 2.45) is 5.92 Å². The van der Waals surface area contributed by atoms with Crippen molar-refractivity contribution in [3.05, 3.63) is 59.2 Å². The molecule has 0 radical (unpaired) electrons. The zero-order chi connectivity index (χ0) is 17.4. The van der Waals surface area contributed by atoms with Gasteiger partial charge in [0.25, 0.3) is 0 Å². The highest BCUT2D eigenvalue weighted by molar-refractivity contribution is 6.83. The predicted octanol–water partition coefficient (Wildman–Crippen LogP) is 4.41. The lowest BCUT2D eigenvalue weighted by Gasteiger charge is -2.42. The summed E-state index contributed by atoms with van der Waals surface area (Å²) < 4.78 is 5.86. The predicted molar refractivity (Wildman–Crippen MR) is 101 cm³/mol. The van der Waals surface area contributed by atoms with Crippen LogP contribution in [0.25, 0.3) is 0 Å². The molecular formula is C21H24O2Si. The summed E-state index contributed by atoms with van der Waals surface area (Å²) in [5, 5.41) is 0. The fourth-order valence-electron chi connectivity index (χ4n) is 3.41. The Morgan fingerprint density at radius 1 is 1.25 bits per heavy atom. The highest BCUT2D eigenvalue weighted by atomic mass is 28.3. The summed E-state index contributed by atoms with van der Waals surface area (Å²) in [5.74, 6) is 3.68. The minimum absolute atomic E-state index is 0.0476. The Hall–Kier alpha value is -1.89. The number of allylic oxidation sites excluding steroid dienone is 2. The molecule has 0 saturated heterocycles. The smallest absolute Gasteiger partial charge is 0.193 e. The van der Waals surface area contributed by atoms with E-state index in [4.69, 9.17) is 4.74 Å². The van der Waals surface area contributed by atoms with Crippen molar-refractivity contribution in [2.75, 3.05) is 7.11 Å². The molecule has 2 unspecified atom stereocenters. The molecule has 2 bridgehead atoms. The minimum Gasteiger partial charge on any atom is -0.369 e. The van der Waals surface area contributed by atoms with Crippen molar-refractivity contribution in [1.29, 1.82) is 0 Å². The van der Waals surface area contributed by atoms with Gasteiger partial charge in [-0.05, 0) is 12.8 Å². The number of rotatable bonds is 3. The molecule has 4 rings (SSSR count). The van der Waals surface area contributed by atoms with Gasteiger partial charge in [-0.25, -0.2) is 0 Å². The van der Waals surface area contributed by atoms with E-state index in [9.17, 15) is 4.79 Å². The Labute approximate surface area is 145 Å². The first kappa shape index (κ1) is 16.9. The van der Waals surface area contributed by atoms with Gasteiger partial charge in [-0.2, -0.15) is 0 Å². The van der Waals surface area contributed by atoms with E-state index < -0.39 is 13.7 Å². The van der Waals surface area contributed by atoms with E-state index in [-0.39, 0.29) is 11.7 Å². The molecule has 3 aliphatic rings. The zero-order valence-corrected chi connectivity index (χ0v) is 15.8. The van der Waals surface area contributed by atoms with E-state index in [1.165, 1.54) is 0 Å². The van der Waals surface area contributed by atoms with Gasteiger partial charge >= 0.3 is 0 Å². The number of ketones is 1. The Kier molecular flexibility index (Phi) is 4.38. The molecule has 0 N–H and O–H groups in total. The van der Waals surface area contributed by atoms with Crippen molar-refractivity contribution < 1.29 is 9.53 Å². The second-order valence-corrected chi connectivity index (χ2v) is 12.3. The second kappa shape index (κ2) is 6.20. The minimum atomic E-state index is -1.52. The number of ether oxygens (including phenoxy) is 1. The summed E-state index contributed by atoms with van der Waals surface area (Å²) >= 11 is 0. The van der Waals surface area contributed by atoms with Crippen LogP contribution in [0.15, 0.2) is 53.6 Å². The topological polar surface area (TPSA) is 26.3 Å². The van der Waals surface area contributed by atoms with Gasteiger partial charge in [0.05, 0.1) is 0 Å². The van der Waals surface area contributed by atoms with Crippen LogP contribution in [0.3, 0.4) is 0 Å². The van der Waals surface area contributed by atoms with Gasteiger partial charge in [0.15, 0.2) is 5.78 Å². The lowest BCUT2D eigenvalue weighted by Crippen LogP contribution is -2.43. The Morgan fingerprint density at radius 3 is 2.50 bits per heavy atom. The lowest BCUT2D eigenvalue weighted by molar-refractivity contribution is 0.0366. The normalized spacial score (nSPS) is 25.4. The van der Waals surface area contributed by atoms with Crippen molar-refractivity contribution in [3.63, 3.8) is 0 Å². The third-order valence-corrected chi connectivity index (χ3v) is 5.56. The van der Waals surface area contributed by atoms with Crippen LogP contribution in [-0.4, -0.2) is 26.6 Å². The number of hydrogen-bond acceptors (Lipinski definition) is 2. The van der Waals surface area contributed by atoms with E-state index >= 15 is 0 Å². The average Bonchev–Trinajstić information content (AvgIpc) is 2.60. The Morgan fingerprint density at radius 2 is 1.96 bits per heavy atom. The molecule has 124 valence electrons. The lowest BCUT2D eigenvalue weighted by atomic mass is 9.67. The standard InChI is InChI=1S/C21H24O2Si/c1-23-21-13-10-16(11-14-21)18(12-15-24(2,3)4)19(21)20(22)17-8-6-5-7-9-17/h5-10,13,16H,11,14H2,1-4H3. The third kappa shape index (κ3) is 3.04. The summed E-state index contributed by atoms with van der Waals surface area (Å²) in [5.41, 5.74) is 5.25. The molecule has 1 aromatic rings. The number of fused-ring (bicyclic) bond motifs is 1. The molecule has 0 fully saturated rings. The summed E-state index contributed by atoms with van der Waals surface area (Å²) in [6, 6.07) is 9.47. The van der Waals surface area contributed by atoms with Gasteiger partial charge in [-0.15, -0.1) is 5.54 Å². The molecule has 1 aromatic carbocycles. The van der Waals surface area contributed by atoms with Crippen LogP contribution in [0.1, 0.15) is 23.2 Å². The molecule has 0 amide bonds. The van der Waals surface area contributed by atoms with E-state index in [2.05, 4.69) is 43.3 Å². The first-order valence-electron chi connectivity index (χ1n) is 8.48. The van der Waals surface area contributed by atoms with Gasteiger partial charge in [-0.1, -0.05) is 68.0 Å². The van der Waals surface area contributed by atoms with Crippen molar-refractivity contribution in [1.82, 2.24) is 0 Å². The largest absolute Gasteiger partial charge is 0.369 e. The number of benzene rings is 1. The molecule has 0 saturated carbocycles. The quantitative estimate of drug-likeness (QED) is 0.354. The van der Waals surface area contributed by atoms with Gasteiger partial charge < -0.3 is 4.74 Å². The SMILES string of the molecule is COC12C=CC(CC1)C(C#C[Si](C)(C)C)=C2C(=O)c1ccccc1. The second-order valence-electron chi connectivity index (χ2n) is 7.58. The van der Waals surface area contributed by atoms with Crippen molar-refractivity contribution in [3.8, 4) is 11.5 Å². The van der Waals surface area contributed by atoms with E-state index in [0.717, 1.165) is 24.0 Å². The maximum atomic E-state index is 13.3. The number of Topliss-reactive ketones (excluding diaryl/α,β-unsaturated/α-hetero) is 1. The number of carbonyl (C=O) groups is 1. The highest BCUT2D eigenvalue weighted by Crippen LogP contribution is 2.46. The van der Waals surface area contributed by atoms with Crippen LogP contribution in [0.4, 0.5) is 0 Å². The molecule has 3 heteroatoms. The molecule has 24 heavy (non-hydrogen) atoms. The summed E-state index contributed by atoms with van der Waals surface area (Å²) in [6.45, 7) is 6.67. The Bertz CT molecular complexity index is 772. The zero-order valence-electron chi connectivity index (χ0n) is 14.8. The van der Waals surface area contributed by atoms with E-state index in [0.29, 0.717) is 5.56 Å². The summed E-state index contributed by atoms with van der Waals surface area (Å²) in [7, 11) is 0.174. The maximum absolute atomic E-state index is 13.3. The number of carbonyl (C=O) groups excluding carboxylic acids is 1. The van der Waals surface area contributed by atoms with Crippen LogP contribution >= 0.6 is 0 Å². The highest BCUT2D eigenvalue weighted by Gasteiger charge is 2.46. The summed E-state index contributed by atoms with van der Waals surface area (Å²) in [6.07, 6.45) is 6.07. The molecule has 0 heterocycles. The van der Waals surface area contributed by atoms with Crippen LogP contribution in [0.2, 0.25) is 19.6 Å². The average molecular weight is 337 g/mol. The van der Waals surface area contributed by atoms with E-state index in [1.54, 1.807) is 7.11 Å². The Balaban J connectivity index is 2.17. The van der Waals surface area contributed by atoms with Crippen LogP contribution < -0.4 is 0 Å². The van der Waals surface area contributed by atoms with Gasteiger partial charge in [0.2, 0.25) is 0 Å². The molecule has 2 atom stereocenters. The van der Waals surface area contributed by atoms with Crippen molar-refractivity contribution >= 4 is 13.9 Å². The van der Waals surface area contributed by atoms with Crippen LogP contribution in [0.5, 0.6) is 0 Å². The molecule has 2 nitrogen and oxygen atoms in total. The van der Waals surface area contributed by atoms with Crippen LogP contribution in [0, 0.1) is 17.4 Å². The van der Waals surface area contributed by atoms with Gasteiger partial charge in [-0.3, -0.25) is 4.79 Å². The molecule has 3 aliphatic carbocycles. The maximum Gasteiger partial charge on any atom is 0.193 e. The fraction of sp³-hybridized carbons (Fsp3) is 0.381. The summed E-state index contributed by atoms with van der Waals surface area (Å²) in [4.78, 5) is 13.3. The number of hydrogen-bond donors (Lipinski definition) is 0. The van der Waals surface area contributed by atoms with Crippen molar-refractivity contribution in [2.45, 2.75) is 38.1 Å². The fourth-order valence-corrected chi connectivity index (χ4v) is 3.92. The van der Waals surface area contributed by atoms with Gasteiger partial charge in [0, 0.05) is 29.7 Å². The van der Waals surface area contributed by atoms with Crippen LogP contribution in [-0.2, 0) is 4.74 Å². The van der Waals surface area contributed by atoms with Gasteiger partial charge in [0.1, 0.15) is 13.7 Å². The third-order valence-electron chi connectivity index (χ3n) is 4.69. The monoisotopic (exact) mass is 336 g/mol. The molecule has 0 aliphatic heterocycles.